The van der Waals surface area contributed by atoms with Gasteiger partial charge in [-0.1, -0.05) is 23.7 Å². The number of amides is 3. The monoisotopic (exact) mass is 380 g/mol. The van der Waals surface area contributed by atoms with E-state index in [-0.39, 0.29) is 24.1 Å². The van der Waals surface area contributed by atoms with Crippen molar-refractivity contribution < 1.29 is 18.8 Å². The quantitative estimate of drug-likeness (QED) is 0.694. The second-order valence-corrected chi connectivity index (χ2v) is 6.41. The van der Waals surface area contributed by atoms with Gasteiger partial charge in [-0.15, -0.1) is 0 Å². The maximum absolute atomic E-state index is 12.6. The molecule has 7 heteroatoms. The zero-order chi connectivity index (χ0) is 19.0. The van der Waals surface area contributed by atoms with Gasteiger partial charge in [-0.2, -0.15) is 0 Å². The van der Waals surface area contributed by atoms with Crippen LogP contribution in [0.3, 0.4) is 0 Å². The molecular weight excluding hydrogens is 368 g/mol. The van der Waals surface area contributed by atoms with Crippen LogP contribution in [0.15, 0.2) is 65.3 Å². The van der Waals surface area contributed by atoms with Crippen LogP contribution in [-0.2, 0) is 6.54 Å². The summed E-state index contributed by atoms with van der Waals surface area (Å²) in [6, 6.07) is 14.7. The Morgan fingerprint density at radius 2 is 1.70 bits per heavy atom. The number of furan rings is 1. The molecule has 3 aromatic rings. The minimum Gasteiger partial charge on any atom is -0.459 e. The van der Waals surface area contributed by atoms with Crippen molar-refractivity contribution in [2.75, 3.05) is 5.32 Å². The van der Waals surface area contributed by atoms with E-state index in [0.717, 1.165) is 4.90 Å². The summed E-state index contributed by atoms with van der Waals surface area (Å²) in [5, 5.41) is 3.15. The summed E-state index contributed by atoms with van der Waals surface area (Å²) in [6.07, 6.45) is 1.40. The van der Waals surface area contributed by atoms with Crippen molar-refractivity contribution in [3.63, 3.8) is 0 Å². The molecule has 0 spiro atoms. The van der Waals surface area contributed by atoms with E-state index in [4.69, 9.17) is 16.0 Å². The van der Waals surface area contributed by atoms with Crippen LogP contribution in [0.1, 0.15) is 36.8 Å². The highest BCUT2D eigenvalue weighted by atomic mass is 35.5. The topological polar surface area (TPSA) is 79.6 Å². The number of benzene rings is 2. The number of anilines is 1. The summed E-state index contributed by atoms with van der Waals surface area (Å²) in [4.78, 5) is 38.6. The molecular formula is C20H13ClN2O4. The highest BCUT2D eigenvalue weighted by Gasteiger charge is 2.35. The van der Waals surface area contributed by atoms with E-state index < -0.39 is 5.91 Å². The first-order chi connectivity index (χ1) is 13.0. The van der Waals surface area contributed by atoms with E-state index >= 15 is 0 Å². The molecule has 134 valence electrons. The van der Waals surface area contributed by atoms with Gasteiger partial charge in [-0.3, -0.25) is 19.3 Å². The number of carbonyl (C=O) groups excluding carboxylic acids is 3. The number of hydrogen-bond donors (Lipinski definition) is 1. The zero-order valence-electron chi connectivity index (χ0n) is 13.9. The Balaban J connectivity index is 1.63. The summed E-state index contributed by atoms with van der Waals surface area (Å²) >= 11 is 6.08. The lowest BCUT2D eigenvalue weighted by Crippen LogP contribution is -2.29. The minimum absolute atomic E-state index is 0.0132. The maximum Gasteiger partial charge on any atom is 0.291 e. The minimum atomic E-state index is -0.439. The van der Waals surface area contributed by atoms with E-state index in [2.05, 4.69) is 5.32 Å². The summed E-state index contributed by atoms with van der Waals surface area (Å²) in [5.41, 5.74) is 1.71. The fourth-order valence-corrected chi connectivity index (χ4v) is 3.15. The van der Waals surface area contributed by atoms with Gasteiger partial charge in [-0.25, -0.2) is 0 Å². The van der Waals surface area contributed by atoms with Crippen molar-refractivity contribution in [2.45, 2.75) is 6.54 Å². The number of fused-ring (bicyclic) bond motifs is 1. The predicted octanol–water partition coefficient (Wildman–Crippen LogP) is 3.98. The van der Waals surface area contributed by atoms with Gasteiger partial charge in [0.05, 0.1) is 23.9 Å². The molecule has 1 N–H and O–H groups in total. The van der Waals surface area contributed by atoms with Crippen LogP contribution in [0.5, 0.6) is 0 Å². The SMILES string of the molecule is O=C(Nc1ccc(Cl)cc1CN1C(=O)c2ccccc2C1=O)c1ccco1. The molecule has 1 aromatic heterocycles. The van der Waals surface area contributed by atoms with Crippen molar-refractivity contribution in [2.24, 2.45) is 0 Å². The fraction of sp³-hybridized carbons (Fsp3) is 0.0500. The first-order valence-electron chi connectivity index (χ1n) is 8.13. The van der Waals surface area contributed by atoms with Crippen molar-refractivity contribution in [1.82, 2.24) is 4.90 Å². The number of halogens is 1. The highest BCUT2D eigenvalue weighted by Crippen LogP contribution is 2.28. The summed E-state index contributed by atoms with van der Waals surface area (Å²) in [5.74, 6) is -1.04. The molecule has 2 heterocycles. The molecule has 1 aliphatic heterocycles. The van der Waals surface area contributed by atoms with Crippen LogP contribution in [0.4, 0.5) is 5.69 Å². The van der Waals surface area contributed by atoms with Gasteiger partial charge in [0, 0.05) is 10.7 Å². The molecule has 0 bridgehead atoms. The molecule has 3 amide bonds. The predicted molar refractivity (Wildman–Crippen MR) is 98.8 cm³/mol. The number of hydrogen-bond acceptors (Lipinski definition) is 4. The standard InChI is InChI=1S/C20H13ClN2O4/c21-13-7-8-16(22-18(24)17-6-3-9-27-17)12(10-13)11-23-19(25)14-4-1-2-5-15(14)20(23)26/h1-10H,11H2,(H,22,24). The lowest BCUT2D eigenvalue weighted by molar-refractivity contribution is 0.0642. The summed E-state index contributed by atoms with van der Waals surface area (Å²) in [6.45, 7) is -0.0132. The molecule has 0 radical (unpaired) electrons. The Labute approximate surface area is 159 Å². The normalized spacial score (nSPS) is 13.0. The van der Waals surface area contributed by atoms with E-state index in [9.17, 15) is 14.4 Å². The van der Waals surface area contributed by atoms with Gasteiger partial charge in [0.2, 0.25) is 0 Å². The number of carbonyl (C=O) groups is 3. The van der Waals surface area contributed by atoms with Crippen LogP contribution in [0.2, 0.25) is 5.02 Å². The molecule has 2 aromatic carbocycles. The summed E-state index contributed by atoms with van der Waals surface area (Å²) < 4.78 is 5.08. The third-order valence-electron chi connectivity index (χ3n) is 4.27. The molecule has 0 unspecified atom stereocenters. The fourth-order valence-electron chi connectivity index (χ4n) is 2.96. The highest BCUT2D eigenvalue weighted by molar-refractivity contribution is 6.30. The molecule has 6 nitrogen and oxygen atoms in total. The van der Waals surface area contributed by atoms with Crippen LogP contribution in [0.25, 0.3) is 0 Å². The number of imide groups is 1. The van der Waals surface area contributed by atoms with Crippen LogP contribution >= 0.6 is 11.6 Å². The second-order valence-electron chi connectivity index (χ2n) is 5.97. The van der Waals surface area contributed by atoms with Gasteiger partial charge in [0.1, 0.15) is 0 Å². The second kappa shape index (κ2) is 6.74. The Bertz CT molecular complexity index is 1020. The van der Waals surface area contributed by atoms with Gasteiger partial charge in [0.25, 0.3) is 17.7 Å². The number of rotatable bonds is 4. The van der Waals surface area contributed by atoms with Gasteiger partial charge in [-0.05, 0) is 48.0 Å². The molecule has 0 saturated heterocycles. The van der Waals surface area contributed by atoms with Gasteiger partial charge < -0.3 is 9.73 Å². The molecule has 0 atom stereocenters. The third kappa shape index (κ3) is 3.11. The zero-order valence-corrected chi connectivity index (χ0v) is 14.7. The largest absolute Gasteiger partial charge is 0.459 e. The average molecular weight is 381 g/mol. The molecule has 1 aliphatic rings. The van der Waals surface area contributed by atoms with Gasteiger partial charge in [0.15, 0.2) is 5.76 Å². The first-order valence-corrected chi connectivity index (χ1v) is 8.51. The third-order valence-corrected chi connectivity index (χ3v) is 4.50. The van der Waals surface area contributed by atoms with Crippen LogP contribution in [0, 0.1) is 0 Å². The van der Waals surface area contributed by atoms with Crippen LogP contribution < -0.4 is 5.32 Å². The number of nitrogens with one attached hydrogen (secondary N) is 1. The van der Waals surface area contributed by atoms with E-state index in [0.29, 0.717) is 27.4 Å². The molecule has 0 saturated carbocycles. The smallest absolute Gasteiger partial charge is 0.291 e. The first kappa shape index (κ1) is 17.1. The Hall–Kier alpha value is -3.38. The Kier molecular flexibility index (Phi) is 4.25. The average Bonchev–Trinajstić information content (AvgIpc) is 3.28. The van der Waals surface area contributed by atoms with E-state index in [1.807, 2.05) is 0 Å². The van der Waals surface area contributed by atoms with E-state index in [1.165, 1.54) is 12.3 Å². The Morgan fingerprint density at radius 1 is 1.00 bits per heavy atom. The maximum atomic E-state index is 12.6. The van der Waals surface area contributed by atoms with Crippen LogP contribution in [-0.4, -0.2) is 22.6 Å². The van der Waals surface area contributed by atoms with Crippen molar-refractivity contribution in [3.05, 3.63) is 88.3 Å². The molecule has 0 fully saturated rings. The van der Waals surface area contributed by atoms with E-state index in [1.54, 1.807) is 48.5 Å². The van der Waals surface area contributed by atoms with Crippen molar-refractivity contribution in [1.29, 1.82) is 0 Å². The summed E-state index contributed by atoms with van der Waals surface area (Å²) in [7, 11) is 0. The van der Waals surface area contributed by atoms with Crippen molar-refractivity contribution >= 4 is 35.0 Å². The Morgan fingerprint density at radius 3 is 2.33 bits per heavy atom. The number of nitrogens with zero attached hydrogens (tertiary/aromatic N) is 1. The molecule has 4 rings (SSSR count). The van der Waals surface area contributed by atoms with Gasteiger partial charge >= 0.3 is 0 Å². The van der Waals surface area contributed by atoms with Crippen molar-refractivity contribution in [3.8, 4) is 0 Å². The molecule has 27 heavy (non-hydrogen) atoms. The lowest BCUT2D eigenvalue weighted by Gasteiger charge is -2.17. The lowest BCUT2D eigenvalue weighted by atomic mass is 10.1. The molecule has 0 aliphatic carbocycles.